The summed E-state index contributed by atoms with van der Waals surface area (Å²) in [7, 11) is 0. The van der Waals surface area contributed by atoms with Crippen molar-refractivity contribution in [1.82, 2.24) is 31.0 Å². The van der Waals surface area contributed by atoms with E-state index >= 15 is 0 Å². The fourth-order valence-corrected chi connectivity index (χ4v) is 6.56. The molecule has 4 heterocycles. The van der Waals surface area contributed by atoms with Crippen molar-refractivity contribution in [3.63, 3.8) is 0 Å². The van der Waals surface area contributed by atoms with Crippen molar-refractivity contribution >= 4 is 5.57 Å². The number of hydrogen-bond acceptors (Lipinski definition) is 7. The molecule has 5 atom stereocenters. The molecule has 4 unspecified atom stereocenters. The Morgan fingerprint density at radius 1 is 1.23 bits per heavy atom. The van der Waals surface area contributed by atoms with Gasteiger partial charge in [0.1, 0.15) is 11.6 Å². The minimum absolute atomic E-state index is 0.210. The number of H-pyrrole nitrogens is 1. The average molecular weight is 479 g/mol. The number of aryl methyl sites for hydroxylation is 1. The van der Waals surface area contributed by atoms with Crippen molar-refractivity contribution in [2.75, 3.05) is 39.4 Å². The molecule has 0 amide bonds. The van der Waals surface area contributed by atoms with E-state index in [1.54, 1.807) is 0 Å². The number of morpholine rings is 1. The van der Waals surface area contributed by atoms with Crippen LogP contribution in [-0.2, 0) is 11.2 Å². The molecule has 1 aromatic carbocycles. The summed E-state index contributed by atoms with van der Waals surface area (Å²) in [4.78, 5) is 10.9. The van der Waals surface area contributed by atoms with Gasteiger partial charge in [-0.05, 0) is 66.4 Å². The molecule has 6 rings (SSSR count). The van der Waals surface area contributed by atoms with Crippen molar-refractivity contribution in [3.8, 4) is 5.75 Å². The maximum Gasteiger partial charge on any atom is 0.125 e. The van der Waals surface area contributed by atoms with Crippen molar-refractivity contribution in [3.05, 3.63) is 53.1 Å². The molecule has 0 bridgehead atoms. The highest BCUT2D eigenvalue weighted by Gasteiger charge is 2.42. The van der Waals surface area contributed by atoms with Crippen LogP contribution < -0.4 is 16.2 Å². The van der Waals surface area contributed by atoms with E-state index in [4.69, 9.17) is 9.72 Å². The highest BCUT2D eigenvalue weighted by molar-refractivity contribution is 5.66. The number of aromatic amines is 1. The number of hydrazine groups is 1. The van der Waals surface area contributed by atoms with Gasteiger partial charge in [0.05, 0.1) is 31.1 Å². The van der Waals surface area contributed by atoms with Gasteiger partial charge in [-0.1, -0.05) is 19.1 Å². The molecule has 2 saturated heterocycles. The second kappa shape index (κ2) is 10.0. The van der Waals surface area contributed by atoms with Gasteiger partial charge in [-0.2, -0.15) is 0 Å². The summed E-state index contributed by atoms with van der Waals surface area (Å²) >= 11 is 0. The lowest BCUT2D eigenvalue weighted by Gasteiger charge is -2.33. The fourth-order valence-electron chi connectivity index (χ4n) is 6.56. The van der Waals surface area contributed by atoms with Crippen LogP contribution >= 0.6 is 0 Å². The van der Waals surface area contributed by atoms with Gasteiger partial charge in [0.25, 0.3) is 0 Å². The number of hydrogen-bond donors (Lipinski definition) is 5. The number of nitrogens with one attached hydrogen (secondary N) is 4. The first-order valence-corrected chi connectivity index (χ1v) is 13.3. The van der Waals surface area contributed by atoms with Crippen LogP contribution in [0.5, 0.6) is 5.75 Å². The van der Waals surface area contributed by atoms with Gasteiger partial charge in [0.2, 0.25) is 0 Å². The summed E-state index contributed by atoms with van der Waals surface area (Å²) < 4.78 is 5.61. The number of ether oxygens (including phenoxy) is 1. The van der Waals surface area contributed by atoms with Crippen molar-refractivity contribution in [1.29, 1.82) is 0 Å². The van der Waals surface area contributed by atoms with E-state index in [2.05, 4.69) is 45.1 Å². The van der Waals surface area contributed by atoms with Crippen molar-refractivity contribution in [2.45, 2.75) is 56.7 Å². The minimum atomic E-state index is 0.210. The Labute approximate surface area is 207 Å². The summed E-state index contributed by atoms with van der Waals surface area (Å²) in [6.07, 6.45) is 8.74. The SMILES string of the molecule is CCc1cc(O)ccc1C1CCC2C(C1)NNC2c1ncc(C2=CCN(C[C@@H]3COCCN3)C2)[nH]1. The van der Waals surface area contributed by atoms with Gasteiger partial charge >= 0.3 is 0 Å². The van der Waals surface area contributed by atoms with Crippen LogP contribution in [0.3, 0.4) is 0 Å². The molecule has 0 radical (unpaired) electrons. The molecule has 4 aliphatic rings. The zero-order chi connectivity index (χ0) is 23.8. The quantitative estimate of drug-likeness (QED) is 0.435. The summed E-state index contributed by atoms with van der Waals surface area (Å²) in [5, 5.41) is 13.5. The molecule has 1 aliphatic carbocycles. The standard InChI is InChI=1S/C27H38N6O2/c1-2-17-11-21(34)4-6-22(17)18-3-5-23-24(12-18)31-32-26(23)27-29-13-25(30-27)19-7-9-33(14-19)15-20-16-35-10-8-28-20/h4,6-7,11,13,18,20,23-24,26,28,31-32,34H,2-3,5,8-10,12,14-16H2,1H3,(H,29,30)/t18?,20-,23?,24?,26?/m1/s1. The second-order valence-electron chi connectivity index (χ2n) is 10.6. The Balaban J connectivity index is 1.08. The van der Waals surface area contributed by atoms with E-state index in [1.165, 1.54) is 23.1 Å². The number of phenols is 1. The van der Waals surface area contributed by atoms with Gasteiger partial charge in [-0.25, -0.2) is 10.4 Å². The third-order valence-corrected chi connectivity index (χ3v) is 8.41. The van der Waals surface area contributed by atoms with Crippen molar-refractivity contribution in [2.24, 2.45) is 5.92 Å². The van der Waals surface area contributed by atoms with Gasteiger partial charge in [0.15, 0.2) is 0 Å². The zero-order valence-corrected chi connectivity index (χ0v) is 20.6. The van der Waals surface area contributed by atoms with Crippen molar-refractivity contribution < 1.29 is 9.84 Å². The van der Waals surface area contributed by atoms with E-state index in [0.717, 1.165) is 70.2 Å². The van der Waals surface area contributed by atoms with E-state index in [1.807, 2.05) is 18.3 Å². The Hall–Kier alpha value is -2.23. The monoisotopic (exact) mass is 478 g/mol. The summed E-state index contributed by atoms with van der Waals surface area (Å²) in [6, 6.07) is 6.97. The molecule has 8 nitrogen and oxygen atoms in total. The second-order valence-corrected chi connectivity index (χ2v) is 10.6. The number of aromatic nitrogens is 2. The summed E-state index contributed by atoms with van der Waals surface area (Å²) in [5.41, 5.74) is 12.3. The maximum absolute atomic E-state index is 9.90. The van der Waals surface area contributed by atoms with Gasteiger partial charge in [0, 0.05) is 38.3 Å². The normalized spacial score (nSPS) is 31.5. The largest absolute Gasteiger partial charge is 0.508 e. The molecule has 188 valence electrons. The molecule has 8 heteroatoms. The Kier molecular flexibility index (Phi) is 6.64. The third kappa shape index (κ3) is 4.78. The first-order valence-electron chi connectivity index (χ1n) is 13.3. The maximum atomic E-state index is 9.90. The van der Waals surface area contributed by atoms with Crippen LogP contribution in [0.25, 0.3) is 5.57 Å². The van der Waals surface area contributed by atoms with Crippen LogP contribution in [0.1, 0.15) is 60.8 Å². The molecule has 3 aliphatic heterocycles. The van der Waals surface area contributed by atoms with E-state index < -0.39 is 0 Å². The number of nitrogens with zero attached hydrogens (tertiary/aromatic N) is 2. The molecule has 5 N–H and O–H groups in total. The molecular weight excluding hydrogens is 440 g/mol. The molecule has 1 saturated carbocycles. The van der Waals surface area contributed by atoms with Gasteiger partial charge in [-0.15, -0.1) is 0 Å². The molecule has 0 spiro atoms. The lowest BCUT2D eigenvalue weighted by atomic mass is 9.73. The number of fused-ring (bicyclic) bond motifs is 1. The number of benzene rings is 1. The number of phenolic OH excluding ortho intramolecular Hbond substituents is 1. The average Bonchev–Trinajstić information content (AvgIpc) is 3.63. The third-order valence-electron chi connectivity index (χ3n) is 8.41. The first-order chi connectivity index (χ1) is 17.2. The highest BCUT2D eigenvalue weighted by Crippen LogP contribution is 2.44. The Morgan fingerprint density at radius 2 is 2.17 bits per heavy atom. The molecule has 1 aromatic heterocycles. The summed E-state index contributed by atoms with van der Waals surface area (Å²) in [6.45, 7) is 7.69. The predicted octanol–water partition coefficient (Wildman–Crippen LogP) is 2.47. The molecule has 3 fully saturated rings. The zero-order valence-electron chi connectivity index (χ0n) is 20.6. The van der Waals surface area contributed by atoms with Crippen LogP contribution in [-0.4, -0.2) is 71.5 Å². The van der Waals surface area contributed by atoms with E-state index in [0.29, 0.717) is 29.7 Å². The lowest BCUT2D eigenvalue weighted by Crippen LogP contribution is -2.48. The van der Waals surface area contributed by atoms with Gasteiger partial charge in [-0.3, -0.25) is 10.3 Å². The Bertz CT molecular complexity index is 1060. The smallest absolute Gasteiger partial charge is 0.125 e. The fraction of sp³-hybridized carbons (Fsp3) is 0.593. The topological polar surface area (TPSA) is 97.5 Å². The number of rotatable bonds is 6. The number of imidazole rings is 1. The van der Waals surface area contributed by atoms with E-state index in [9.17, 15) is 5.11 Å². The highest BCUT2D eigenvalue weighted by atomic mass is 16.5. The molecule has 35 heavy (non-hydrogen) atoms. The predicted molar refractivity (Wildman–Crippen MR) is 136 cm³/mol. The minimum Gasteiger partial charge on any atom is -0.508 e. The van der Waals surface area contributed by atoms with Gasteiger partial charge < -0.3 is 20.1 Å². The first kappa shape index (κ1) is 23.2. The van der Waals surface area contributed by atoms with Crippen LogP contribution in [0.2, 0.25) is 0 Å². The van der Waals surface area contributed by atoms with Crippen LogP contribution in [0.4, 0.5) is 0 Å². The molecular formula is C27H38N6O2. The lowest BCUT2D eigenvalue weighted by molar-refractivity contribution is 0.0659. The Morgan fingerprint density at radius 3 is 3.03 bits per heavy atom. The van der Waals surface area contributed by atoms with E-state index in [-0.39, 0.29) is 6.04 Å². The van der Waals surface area contributed by atoms with Crippen LogP contribution in [0, 0.1) is 5.92 Å². The number of aromatic hydroxyl groups is 1. The van der Waals surface area contributed by atoms with Crippen LogP contribution in [0.15, 0.2) is 30.5 Å². The molecule has 2 aromatic rings. The summed E-state index contributed by atoms with van der Waals surface area (Å²) in [5.74, 6) is 2.47.